The highest BCUT2D eigenvalue weighted by atomic mass is 35.5. The molecule has 1 amide bonds. The van der Waals surface area contributed by atoms with Crippen LogP contribution < -0.4 is 5.32 Å². The zero-order valence-corrected chi connectivity index (χ0v) is 8.69. The van der Waals surface area contributed by atoms with Gasteiger partial charge in [-0.05, 0) is 12.1 Å². The van der Waals surface area contributed by atoms with E-state index in [-0.39, 0.29) is 10.7 Å². The number of amides is 1. The molecule has 1 aromatic rings. The third kappa shape index (κ3) is 3.58. The Labute approximate surface area is 94.7 Å². The monoisotopic (exact) mass is 249 g/mol. The topological polar surface area (TPSA) is 29.1 Å². The van der Waals surface area contributed by atoms with Gasteiger partial charge in [-0.1, -0.05) is 23.7 Å². The van der Waals surface area contributed by atoms with E-state index in [1.54, 1.807) is 12.1 Å². The Bertz CT molecular complexity index is 430. The van der Waals surface area contributed by atoms with Crippen molar-refractivity contribution in [3.63, 3.8) is 0 Å². The molecule has 1 rings (SSSR count). The maximum atomic E-state index is 12.4. The van der Waals surface area contributed by atoms with E-state index in [0.717, 1.165) is 0 Å². The number of benzene rings is 1. The minimum Gasteiger partial charge on any atom is -0.324 e. The molecule has 0 unspecified atom stereocenters. The molecular weight excluding hydrogens is 243 g/mol. The average Bonchev–Trinajstić information content (AvgIpc) is 2.21. The molecule has 0 fully saturated rings. The molecule has 0 aliphatic heterocycles. The van der Waals surface area contributed by atoms with Crippen molar-refractivity contribution in [3.05, 3.63) is 41.2 Å². The van der Waals surface area contributed by atoms with Crippen LogP contribution in [0.2, 0.25) is 5.02 Å². The van der Waals surface area contributed by atoms with Gasteiger partial charge in [0.2, 0.25) is 5.91 Å². The van der Waals surface area contributed by atoms with Crippen molar-refractivity contribution in [1.29, 1.82) is 0 Å². The molecule has 0 saturated carbocycles. The van der Waals surface area contributed by atoms with Crippen LogP contribution in [0.15, 0.2) is 36.2 Å². The van der Waals surface area contributed by atoms with Crippen LogP contribution in [0, 0.1) is 0 Å². The summed E-state index contributed by atoms with van der Waals surface area (Å²) in [6.07, 6.45) is -3.50. The van der Waals surface area contributed by atoms with Crippen molar-refractivity contribution >= 4 is 23.2 Å². The van der Waals surface area contributed by atoms with Gasteiger partial charge in [0.05, 0.1) is 17.1 Å². The Hall–Kier alpha value is -1.49. The fourth-order valence-electron chi connectivity index (χ4n) is 0.965. The lowest BCUT2D eigenvalue weighted by molar-refractivity contribution is -0.115. The largest absolute Gasteiger partial charge is 0.324 e. The van der Waals surface area contributed by atoms with Gasteiger partial charge in [0.15, 0.2) is 5.83 Å². The number of hydrogen-bond acceptors (Lipinski definition) is 1. The van der Waals surface area contributed by atoms with Crippen LogP contribution in [0.3, 0.4) is 0 Å². The number of carbonyl (C=O) groups is 1. The van der Waals surface area contributed by atoms with Crippen molar-refractivity contribution < 1.29 is 18.0 Å². The molecule has 6 heteroatoms. The zero-order chi connectivity index (χ0) is 12.1. The Balaban J connectivity index is 2.66. The molecular formula is C10H7ClF3NO. The fourth-order valence-corrected chi connectivity index (χ4v) is 1.15. The molecule has 2 nitrogen and oxygen atoms in total. The van der Waals surface area contributed by atoms with Crippen LogP contribution in [-0.2, 0) is 4.79 Å². The van der Waals surface area contributed by atoms with Crippen LogP contribution in [0.1, 0.15) is 6.42 Å². The van der Waals surface area contributed by atoms with Gasteiger partial charge in [-0.2, -0.15) is 8.78 Å². The molecule has 0 aliphatic carbocycles. The van der Waals surface area contributed by atoms with E-state index in [2.05, 4.69) is 5.32 Å². The van der Waals surface area contributed by atoms with E-state index in [1.165, 1.54) is 12.1 Å². The summed E-state index contributed by atoms with van der Waals surface area (Å²) in [5, 5.41) is 2.47. The second-order valence-corrected chi connectivity index (χ2v) is 3.28. The first-order valence-corrected chi connectivity index (χ1v) is 4.62. The van der Waals surface area contributed by atoms with Crippen molar-refractivity contribution in [2.24, 2.45) is 0 Å². The lowest BCUT2D eigenvalue weighted by Crippen LogP contribution is -2.11. The van der Waals surface area contributed by atoms with Crippen LogP contribution in [0.4, 0.5) is 18.9 Å². The van der Waals surface area contributed by atoms with Crippen molar-refractivity contribution in [2.45, 2.75) is 6.42 Å². The summed E-state index contributed by atoms with van der Waals surface area (Å²) in [5.41, 5.74) is 0.251. The highest BCUT2D eigenvalue weighted by molar-refractivity contribution is 6.33. The summed E-state index contributed by atoms with van der Waals surface area (Å²) in [6, 6.07) is 6.23. The van der Waals surface area contributed by atoms with Gasteiger partial charge in [0, 0.05) is 0 Å². The highest BCUT2D eigenvalue weighted by Crippen LogP contribution is 2.21. The second-order valence-electron chi connectivity index (χ2n) is 2.87. The SMILES string of the molecule is O=C(CC(F)=C(F)F)Nc1ccccc1Cl. The minimum absolute atomic E-state index is 0.251. The molecule has 0 bridgehead atoms. The van der Waals surface area contributed by atoms with Crippen LogP contribution in [0.25, 0.3) is 0 Å². The van der Waals surface area contributed by atoms with Crippen LogP contribution in [-0.4, -0.2) is 5.91 Å². The lowest BCUT2D eigenvalue weighted by Gasteiger charge is -2.05. The molecule has 0 aliphatic rings. The summed E-state index contributed by atoms with van der Waals surface area (Å²) in [6.45, 7) is 0. The molecule has 16 heavy (non-hydrogen) atoms. The molecule has 0 radical (unpaired) electrons. The summed E-state index contributed by atoms with van der Waals surface area (Å²) >= 11 is 5.70. The normalized spacial score (nSPS) is 9.75. The Morgan fingerprint density at radius 1 is 1.25 bits per heavy atom. The van der Waals surface area contributed by atoms with Gasteiger partial charge in [0.1, 0.15) is 0 Å². The number of hydrogen-bond donors (Lipinski definition) is 1. The van der Waals surface area contributed by atoms with Crippen LogP contribution >= 0.6 is 11.6 Å². The maximum Gasteiger partial charge on any atom is 0.302 e. The standard InChI is InChI=1S/C10H7ClF3NO/c11-6-3-1-2-4-8(6)15-9(16)5-7(12)10(13)14/h1-4H,5H2,(H,15,16). The van der Waals surface area contributed by atoms with Crippen molar-refractivity contribution in [3.8, 4) is 0 Å². The van der Waals surface area contributed by atoms with Gasteiger partial charge < -0.3 is 5.32 Å². The zero-order valence-electron chi connectivity index (χ0n) is 7.94. The maximum absolute atomic E-state index is 12.4. The predicted octanol–water partition coefficient (Wildman–Crippen LogP) is 3.75. The van der Waals surface area contributed by atoms with E-state index in [4.69, 9.17) is 11.6 Å². The first-order valence-electron chi connectivity index (χ1n) is 4.24. The van der Waals surface area contributed by atoms with E-state index in [0.29, 0.717) is 0 Å². The van der Waals surface area contributed by atoms with Gasteiger partial charge in [-0.25, -0.2) is 4.39 Å². The smallest absolute Gasteiger partial charge is 0.302 e. The van der Waals surface area contributed by atoms with E-state index >= 15 is 0 Å². The van der Waals surface area contributed by atoms with Crippen molar-refractivity contribution in [2.75, 3.05) is 5.32 Å². The molecule has 0 aromatic heterocycles. The first-order chi connectivity index (χ1) is 7.50. The number of halogens is 4. The number of nitrogens with one attached hydrogen (secondary N) is 1. The molecule has 1 N–H and O–H groups in total. The Kier molecular flexibility index (Phi) is 4.37. The fraction of sp³-hybridized carbons (Fsp3) is 0.100. The Morgan fingerprint density at radius 2 is 1.88 bits per heavy atom. The summed E-state index contributed by atoms with van der Waals surface area (Å²) in [7, 11) is 0. The Morgan fingerprint density at radius 3 is 2.44 bits per heavy atom. The molecule has 0 spiro atoms. The number of carbonyl (C=O) groups excluding carboxylic acids is 1. The molecule has 1 aromatic carbocycles. The lowest BCUT2D eigenvalue weighted by atomic mass is 10.3. The average molecular weight is 250 g/mol. The third-order valence-corrected chi connectivity index (χ3v) is 2.00. The highest BCUT2D eigenvalue weighted by Gasteiger charge is 2.12. The quantitative estimate of drug-likeness (QED) is 0.869. The first kappa shape index (κ1) is 12.6. The summed E-state index contributed by atoms with van der Waals surface area (Å²) in [4.78, 5) is 11.1. The predicted molar refractivity (Wildman–Crippen MR) is 55.0 cm³/mol. The number of rotatable bonds is 3. The molecule has 0 saturated heterocycles. The van der Waals surface area contributed by atoms with Crippen LogP contribution in [0.5, 0.6) is 0 Å². The number of anilines is 1. The van der Waals surface area contributed by atoms with Gasteiger partial charge in [-0.15, -0.1) is 0 Å². The molecule has 0 heterocycles. The van der Waals surface area contributed by atoms with E-state index in [1.807, 2.05) is 0 Å². The third-order valence-electron chi connectivity index (χ3n) is 1.67. The molecule has 86 valence electrons. The van der Waals surface area contributed by atoms with Gasteiger partial charge >= 0.3 is 6.08 Å². The van der Waals surface area contributed by atoms with Crippen molar-refractivity contribution in [1.82, 2.24) is 0 Å². The van der Waals surface area contributed by atoms with E-state index < -0.39 is 24.2 Å². The second kappa shape index (κ2) is 5.55. The number of para-hydroxylation sites is 1. The summed E-state index contributed by atoms with van der Waals surface area (Å²) in [5.74, 6) is -2.64. The van der Waals surface area contributed by atoms with E-state index in [9.17, 15) is 18.0 Å². The molecule has 0 atom stereocenters. The summed E-state index contributed by atoms with van der Waals surface area (Å²) < 4.78 is 35.8. The minimum atomic E-state index is -2.49. The van der Waals surface area contributed by atoms with Gasteiger partial charge in [0.25, 0.3) is 0 Å². The van der Waals surface area contributed by atoms with Gasteiger partial charge in [-0.3, -0.25) is 4.79 Å².